The van der Waals surface area contributed by atoms with Gasteiger partial charge in [-0.15, -0.1) is 11.6 Å². The summed E-state index contributed by atoms with van der Waals surface area (Å²) >= 11 is 12.3. The third kappa shape index (κ3) is 2.44. The van der Waals surface area contributed by atoms with Gasteiger partial charge in [0.25, 0.3) is 0 Å². The number of alkyl halides is 1. The number of nitrogens with zero attached hydrogens (tertiary/aromatic N) is 2. The van der Waals surface area contributed by atoms with E-state index in [0.717, 1.165) is 33.7 Å². The number of fused-ring (bicyclic) bond motifs is 1. The van der Waals surface area contributed by atoms with Crippen LogP contribution in [-0.4, -0.2) is 9.55 Å². The van der Waals surface area contributed by atoms with Crippen LogP contribution in [0.25, 0.3) is 11.0 Å². The molecule has 108 valence electrons. The smallest absolute Gasteiger partial charge is 0.125 e. The number of benzene rings is 1. The first kappa shape index (κ1) is 14.2. The predicted octanol–water partition coefficient (Wildman–Crippen LogP) is 5.43. The second-order valence-corrected chi connectivity index (χ2v) is 6.79. The molecule has 3 rings (SSSR count). The Labute approximate surface area is 130 Å². The van der Waals surface area contributed by atoms with Crippen LogP contribution in [0.2, 0.25) is 5.02 Å². The van der Waals surface area contributed by atoms with Crippen molar-refractivity contribution in [3.63, 3.8) is 0 Å². The quantitative estimate of drug-likeness (QED) is 0.677. The van der Waals surface area contributed by atoms with Crippen LogP contribution in [0.1, 0.15) is 45.0 Å². The highest BCUT2D eigenvalue weighted by molar-refractivity contribution is 6.31. The maximum Gasteiger partial charge on any atom is 0.125 e. The van der Waals surface area contributed by atoms with E-state index in [4.69, 9.17) is 23.2 Å². The van der Waals surface area contributed by atoms with E-state index < -0.39 is 0 Å². The second kappa shape index (κ2) is 5.57. The normalized spacial score (nSPS) is 27.1. The van der Waals surface area contributed by atoms with E-state index >= 15 is 0 Å². The van der Waals surface area contributed by atoms with Crippen molar-refractivity contribution in [2.24, 2.45) is 11.8 Å². The van der Waals surface area contributed by atoms with Crippen molar-refractivity contribution >= 4 is 34.2 Å². The molecule has 1 aromatic heterocycles. The average molecular weight is 311 g/mol. The standard InChI is InChI=1S/C16H20Cl2N2/c1-10-3-5-13(7-11(10)2)20-15-8-12(18)4-6-14(15)19-16(20)9-17/h4,6,8,10-11,13H,3,5,7,9H2,1-2H3. The molecule has 0 N–H and O–H groups in total. The van der Waals surface area contributed by atoms with Crippen LogP contribution >= 0.6 is 23.2 Å². The number of halogens is 2. The van der Waals surface area contributed by atoms with E-state index in [1.165, 1.54) is 19.3 Å². The molecule has 0 saturated heterocycles. The Bertz CT molecular complexity index is 620. The lowest BCUT2D eigenvalue weighted by molar-refractivity contribution is 0.211. The molecule has 20 heavy (non-hydrogen) atoms. The van der Waals surface area contributed by atoms with Crippen molar-refractivity contribution in [1.82, 2.24) is 9.55 Å². The molecule has 1 saturated carbocycles. The van der Waals surface area contributed by atoms with Gasteiger partial charge in [0.05, 0.1) is 16.9 Å². The first-order valence-corrected chi connectivity index (χ1v) is 8.23. The van der Waals surface area contributed by atoms with Crippen LogP contribution in [0.4, 0.5) is 0 Å². The summed E-state index contributed by atoms with van der Waals surface area (Å²) in [6.45, 7) is 4.70. The van der Waals surface area contributed by atoms with Crippen LogP contribution in [0.3, 0.4) is 0 Å². The highest BCUT2D eigenvalue weighted by Gasteiger charge is 2.28. The summed E-state index contributed by atoms with van der Waals surface area (Å²) in [5.41, 5.74) is 2.12. The lowest BCUT2D eigenvalue weighted by Crippen LogP contribution is -2.24. The number of rotatable bonds is 2. The molecule has 1 heterocycles. The largest absolute Gasteiger partial charge is 0.324 e. The van der Waals surface area contributed by atoms with Crippen LogP contribution in [-0.2, 0) is 5.88 Å². The fourth-order valence-corrected chi connectivity index (χ4v) is 3.73. The summed E-state index contributed by atoms with van der Waals surface area (Å²) in [6, 6.07) is 6.39. The highest BCUT2D eigenvalue weighted by atomic mass is 35.5. The molecule has 3 unspecified atom stereocenters. The third-order valence-corrected chi connectivity index (χ3v) is 5.25. The second-order valence-electron chi connectivity index (χ2n) is 6.09. The van der Waals surface area contributed by atoms with E-state index in [9.17, 15) is 0 Å². The van der Waals surface area contributed by atoms with Gasteiger partial charge in [0.2, 0.25) is 0 Å². The Hall–Kier alpha value is -0.730. The molecule has 2 nitrogen and oxygen atoms in total. The van der Waals surface area contributed by atoms with Gasteiger partial charge in [-0.05, 0) is 49.3 Å². The molecule has 2 aromatic rings. The summed E-state index contributed by atoms with van der Waals surface area (Å²) in [6.07, 6.45) is 3.67. The van der Waals surface area contributed by atoms with Gasteiger partial charge in [-0.3, -0.25) is 0 Å². The van der Waals surface area contributed by atoms with Gasteiger partial charge >= 0.3 is 0 Å². The van der Waals surface area contributed by atoms with Crippen molar-refractivity contribution in [3.05, 3.63) is 29.0 Å². The monoisotopic (exact) mass is 310 g/mol. The summed E-state index contributed by atoms with van der Waals surface area (Å²) < 4.78 is 2.33. The van der Waals surface area contributed by atoms with Gasteiger partial charge in [0.15, 0.2) is 0 Å². The zero-order valence-corrected chi connectivity index (χ0v) is 13.5. The fraction of sp³-hybridized carbons (Fsp3) is 0.562. The topological polar surface area (TPSA) is 17.8 Å². The fourth-order valence-electron chi connectivity index (χ4n) is 3.37. The minimum absolute atomic E-state index is 0.451. The van der Waals surface area contributed by atoms with Crippen LogP contribution in [0.15, 0.2) is 18.2 Å². The Kier molecular flexibility index (Phi) is 3.96. The predicted molar refractivity (Wildman–Crippen MR) is 85.5 cm³/mol. The molecule has 1 aliphatic carbocycles. The minimum Gasteiger partial charge on any atom is -0.324 e. The summed E-state index contributed by atoms with van der Waals surface area (Å²) in [4.78, 5) is 4.66. The van der Waals surface area contributed by atoms with Gasteiger partial charge in [-0.2, -0.15) is 0 Å². The van der Waals surface area contributed by atoms with Crippen molar-refractivity contribution in [1.29, 1.82) is 0 Å². The lowest BCUT2D eigenvalue weighted by Gasteiger charge is -2.33. The zero-order valence-electron chi connectivity index (χ0n) is 11.9. The molecule has 3 atom stereocenters. The first-order chi connectivity index (χ1) is 9.60. The van der Waals surface area contributed by atoms with Gasteiger partial charge in [0, 0.05) is 11.1 Å². The number of aromatic nitrogens is 2. The van der Waals surface area contributed by atoms with Gasteiger partial charge in [-0.1, -0.05) is 25.4 Å². The molecule has 4 heteroatoms. The number of hydrogen-bond acceptors (Lipinski definition) is 1. The molecule has 0 spiro atoms. The molecule has 0 aliphatic heterocycles. The van der Waals surface area contributed by atoms with Crippen LogP contribution in [0.5, 0.6) is 0 Å². The maximum absolute atomic E-state index is 6.16. The van der Waals surface area contributed by atoms with Crippen molar-refractivity contribution < 1.29 is 0 Å². The first-order valence-electron chi connectivity index (χ1n) is 7.32. The molecule has 0 bridgehead atoms. The summed E-state index contributed by atoms with van der Waals surface area (Å²) in [7, 11) is 0. The van der Waals surface area contributed by atoms with Crippen molar-refractivity contribution in [2.75, 3.05) is 0 Å². The molecular weight excluding hydrogens is 291 g/mol. The van der Waals surface area contributed by atoms with E-state index in [2.05, 4.69) is 23.4 Å². The van der Waals surface area contributed by atoms with E-state index in [1.807, 2.05) is 18.2 Å². The SMILES string of the molecule is CC1CCC(n2c(CCl)nc3ccc(Cl)cc32)CC1C. The molecular formula is C16H20Cl2N2. The van der Waals surface area contributed by atoms with Gasteiger partial charge < -0.3 is 4.57 Å². The Balaban J connectivity index is 2.07. The van der Waals surface area contributed by atoms with Crippen LogP contribution < -0.4 is 0 Å². The Morgan fingerprint density at radius 2 is 2.05 bits per heavy atom. The highest BCUT2D eigenvalue weighted by Crippen LogP contribution is 2.39. The minimum atomic E-state index is 0.451. The number of imidazole rings is 1. The molecule has 0 amide bonds. The van der Waals surface area contributed by atoms with Gasteiger partial charge in [0.1, 0.15) is 5.82 Å². The maximum atomic E-state index is 6.16. The van der Waals surface area contributed by atoms with E-state index in [0.29, 0.717) is 11.9 Å². The molecule has 1 fully saturated rings. The molecule has 0 radical (unpaired) electrons. The van der Waals surface area contributed by atoms with Crippen molar-refractivity contribution in [3.8, 4) is 0 Å². The molecule has 1 aromatic carbocycles. The van der Waals surface area contributed by atoms with E-state index in [1.54, 1.807) is 0 Å². The van der Waals surface area contributed by atoms with Crippen LogP contribution in [0, 0.1) is 11.8 Å². The average Bonchev–Trinajstić information content (AvgIpc) is 2.79. The summed E-state index contributed by atoms with van der Waals surface area (Å²) in [5.74, 6) is 2.97. The molecule has 1 aliphatic rings. The number of hydrogen-bond donors (Lipinski definition) is 0. The van der Waals surface area contributed by atoms with E-state index in [-0.39, 0.29) is 0 Å². The Morgan fingerprint density at radius 3 is 2.75 bits per heavy atom. The Morgan fingerprint density at radius 1 is 1.25 bits per heavy atom. The zero-order chi connectivity index (χ0) is 14.3. The van der Waals surface area contributed by atoms with Crippen molar-refractivity contribution in [2.45, 2.75) is 45.0 Å². The van der Waals surface area contributed by atoms with Gasteiger partial charge in [-0.25, -0.2) is 4.98 Å². The lowest BCUT2D eigenvalue weighted by atomic mass is 9.79. The third-order valence-electron chi connectivity index (χ3n) is 4.78. The summed E-state index contributed by atoms with van der Waals surface area (Å²) in [5, 5.41) is 0.761.